The van der Waals surface area contributed by atoms with Crippen LogP contribution in [0.25, 0.3) is 21.8 Å². The van der Waals surface area contributed by atoms with Crippen LogP contribution >= 0.6 is 0 Å². The maximum absolute atomic E-state index is 11.3. The molecule has 108 valence electrons. The molecule has 2 aromatic heterocycles. The van der Waals surface area contributed by atoms with Crippen molar-refractivity contribution in [2.24, 2.45) is 0 Å². The average Bonchev–Trinajstić information content (AvgIpc) is 2.90. The number of methoxy groups -OCH3 is 2. The summed E-state index contributed by atoms with van der Waals surface area (Å²) in [7, 11) is 3.04. The summed E-state index contributed by atoms with van der Waals surface area (Å²) in [5.41, 5.74) is 2.83. The van der Waals surface area contributed by atoms with Gasteiger partial charge in [0.15, 0.2) is 0 Å². The molecule has 2 heterocycles. The molecular weight excluding hydrogens is 268 g/mol. The Labute approximate surface area is 121 Å². The highest BCUT2D eigenvalue weighted by molar-refractivity contribution is 6.08. The van der Waals surface area contributed by atoms with E-state index in [1.807, 2.05) is 24.3 Å². The second-order valence-electron chi connectivity index (χ2n) is 4.79. The lowest BCUT2D eigenvalue weighted by Gasteiger charge is -2.01. The SMILES string of the molecule is COC(=O)CCc1nccc2c1[nH]c1cc(OC)ccc12. The lowest BCUT2D eigenvalue weighted by atomic mass is 10.1. The van der Waals surface area contributed by atoms with Gasteiger partial charge in [-0.2, -0.15) is 0 Å². The first kappa shape index (κ1) is 13.4. The number of aromatic amines is 1. The standard InChI is InChI=1S/C16H16N2O3/c1-20-10-3-4-11-12-7-8-17-13(5-6-15(19)21-2)16(12)18-14(11)9-10/h3-4,7-9,18H,5-6H2,1-2H3. The summed E-state index contributed by atoms with van der Waals surface area (Å²) in [6.07, 6.45) is 2.64. The van der Waals surface area contributed by atoms with Crippen molar-refractivity contribution >= 4 is 27.8 Å². The zero-order valence-electron chi connectivity index (χ0n) is 12.0. The Bertz CT molecular complexity index is 808. The monoisotopic (exact) mass is 284 g/mol. The molecule has 0 spiro atoms. The first-order chi connectivity index (χ1) is 10.2. The van der Waals surface area contributed by atoms with Gasteiger partial charge in [0, 0.05) is 29.5 Å². The summed E-state index contributed by atoms with van der Waals surface area (Å²) in [6.45, 7) is 0. The highest BCUT2D eigenvalue weighted by atomic mass is 16.5. The van der Waals surface area contributed by atoms with Crippen molar-refractivity contribution in [2.75, 3.05) is 14.2 Å². The highest BCUT2D eigenvalue weighted by Gasteiger charge is 2.11. The third-order valence-electron chi connectivity index (χ3n) is 3.60. The zero-order valence-corrected chi connectivity index (χ0v) is 12.0. The lowest BCUT2D eigenvalue weighted by molar-refractivity contribution is -0.140. The van der Waals surface area contributed by atoms with Crippen molar-refractivity contribution in [3.63, 3.8) is 0 Å². The summed E-state index contributed by atoms with van der Waals surface area (Å²) in [5, 5.41) is 2.22. The van der Waals surface area contributed by atoms with Gasteiger partial charge in [-0.15, -0.1) is 0 Å². The molecule has 0 aliphatic heterocycles. The molecule has 0 unspecified atom stereocenters. The summed E-state index contributed by atoms with van der Waals surface area (Å²) in [5.74, 6) is 0.574. The molecule has 0 atom stereocenters. The summed E-state index contributed by atoms with van der Waals surface area (Å²) in [6, 6.07) is 7.89. The number of carbonyl (C=O) groups is 1. The van der Waals surface area contributed by atoms with Gasteiger partial charge in [-0.25, -0.2) is 0 Å². The molecule has 0 bridgehead atoms. The molecule has 0 aliphatic carbocycles. The maximum Gasteiger partial charge on any atom is 0.305 e. The molecule has 0 amide bonds. The van der Waals surface area contributed by atoms with E-state index in [9.17, 15) is 4.79 Å². The second-order valence-corrected chi connectivity index (χ2v) is 4.79. The Kier molecular flexibility index (Phi) is 3.48. The quantitative estimate of drug-likeness (QED) is 0.748. The van der Waals surface area contributed by atoms with Crippen LogP contribution in [0.15, 0.2) is 30.5 Å². The van der Waals surface area contributed by atoms with Gasteiger partial charge in [0.2, 0.25) is 0 Å². The van der Waals surface area contributed by atoms with Crippen molar-refractivity contribution < 1.29 is 14.3 Å². The number of aromatic nitrogens is 2. The van der Waals surface area contributed by atoms with E-state index < -0.39 is 0 Å². The largest absolute Gasteiger partial charge is 0.497 e. The number of nitrogens with one attached hydrogen (secondary N) is 1. The smallest absolute Gasteiger partial charge is 0.305 e. The number of benzene rings is 1. The number of carbonyl (C=O) groups excluding carboxylic acids is 1. The van der Waals surface area contributed by atoms with Gasteiger partial charge in [-0.3, -0.25) is 9.78 Å². The van der Waals surface area contributed by atoms with Gasteiger partial charge in [0.05, 0.1) is 37.4 Å². The Morgan fingerprint density at radius 2 is 2.10 bits per heavy atom. The molecule has 0 aliphatic rings. The number of H-pyrrole nitrogens is 1. The lowest BCUT2D eigenvalue weighted by Crippen LogP contribution is -2.03. The molecule has 0 fully saturated rings. The fraction of sp³-hybridized carbons (Fsp3) is 0.250. The van der Waals surface area contributed by atoms with Crippen LogP contribution in [0, 0.1) is 0 Å². The fourth-order valence-electron chi connectivity index (χ4n) is 2.50. The molecule has 1 aromatic carbocycles. The van der Waals surface area contributed by atoms with E-state index >= 15 is 0 Å². The number of fused-ring (bicyclic) bond motifs is 3. The van der Waals surface area contributed by atoms with Crippen LogP contribution in [0.3, 0.4) is 0 Å². The molecule has 3 aromatic rings. The van der Waals surface area contributed by atoms with E-state index in [1.165, 1.54) is 7.11 Å². The molecule has 0 saturated heterocycles. The van der Waals surface area contributed by atoms with E-state index in [0.717, 1.165) is 33.2 Å². The first-order valence-electron chi connectivity index (χ1n) is 6.73. The third-order valence-corrected chi connectivity index (χ3v) is 3.60. The molecule has 0 saturated carbocycles. The van der Waals surface area contributed by atoms with E-state index in [2.05, 4.69) is 14.7 Å². The number of pyridine rings is 1. The van der Waals surface area contributed by atoms with Crippen molar-refractivity contribution in [3.05, 3.63) is 36.2 Å². The van der Waals surface area contributed by atoms with Gasteiger partial charge in [-0.05, 0) is 18.2 Å². The number of esters is 1. The van der Waals surface area contributed by atoms with Gasteiger partial charge in [0.1, 0.15) is 5.75 Å². The van der Waals surface area contributed by atoms with Gasteiger partial charge in [-0.1, -0.05) is 0 Å². The molecule has 5 heteroatoms. The van der Waals surface area contributed by atoms with Crippen molar-refractivity contribution in [1.82, 2.24) is 9.97 Å². The normalized spacial score (nSPS) is 11.0. The Hall–Kier alpha value is -2.56. The van der Waals surface area contributed by atoms with Gasteiger partial charge >= 0.3 is 5.97 Å². The third kappa shape index (κ3) is 2.42. The summed E-state index contributed by atoms with van der Waals surface area (Å²) in [4.78, 5) is 19.0. The Balaban J connectivity index is 2.08. The van der Waals surface area contributed by atoms with Gasteiger partial charge < -0.3 is 14.5 Å². The fourth-order valence-corrected chi connectivity index (χ4v) is 2.50. The number of hydrogen-bond donors (Lipinski definition) is 1. The molecule has 3 rings (SSSR count). The second kappa shape index (κ2) is 5.44. The summed E-state index contributed by atoms with van der Waals surface area (Å²) < 4.78 is 9.92. The van der Waals surface area contributed by atoms with Crippen molar-refractivity contribution in [1.29, 1.82) is 0 Å². The van der Waals surface area contributed by atoms with Crippen LogP contribution in [0.5, 0.6) is 5.75 Å². The Morgan fingerprint density at radius 1 is 1.24 bits per heavy atom. The van der Waals surface area contributed by atoms with Crippen LogP contribution < -0.4 is 4.74 Å². The van der Waals surface area contributed by atoms with Crippen LogP contribution in [-0.2, 0) is 16.0 Å². The first-order valence-corrected chi connectivity index (χ1v) is 6.73. The predicted octanol–water partition coefficient (Wildman–Crippen LogP) is 2.83. The van der Waals surface area contributed by atoms with Gasteiger partial charge in [0.25, 0.3) is 0 Å². The molecule has 21 heavy (non-hydrogen) atoms. The van der Waals surface area contributed by atoms with Crippen LogP contribution in [-0.4, -0.2) is 30.2 Å². The number of ether oxygens (including phenoxy) is 2. The average molecular weight is 284 g/mol. The van der Waals surface area contributed by atoms with E-state index in [0.29, 0.717) is 12.8 Å². The molecular formula is C16H16N2O3. The minimum atomic E-state index is -0.230. The molecule has 5 nitrogen and oxygen atoms in total. The predicted molar refractivity (Wildman–Crippen MR) is 80.5 cm³/mol. The van der Waals surface area contributed by atoms with Crippen molar-refractivity contribution in [3.8, 4) is 5.75 Å². The number of aryl methyl sites for hydroxylation is 1. The maximum atomic E-state index is 11.3. The van der Waals surface area contributed by atoms with E-state index in [1.54, 1.807) is 13.3 Å². The molecule has 0 radical (unpaired) electrons. The minimum Gasteiger partial charge on any atom is -0.497 e. The van der Waals surface area contributed by atoms with Crippen molar-refractivity contribution in [2.45, 2.75) is 12.8 Å². The minimum absolute atomic E-state index is 0.230. The number of nitrogens with zero attached hydrogens (tertiary/aromatic N) is 1. The van der Waals surface area contributed by atoms with Crippen LogP contribution in [0.2, 0.25) is 0 Å². The van der Waals surface area contributed by atoms with E-state index in [4.69, 9.17) is 4.74 Å². The van der Waals surface area contributed by atoms with Crippen LogP contribution in [0.1, 0.15) is 12.1 Å². The Morgan fingerprint density at radius 3 is 2.86 bits per heavy atom. The topological polar surface area (TPSA) is 64.2 Å². The molecule has 1 N–H and O–H groups in total. The van der Waals surface area contributed by atoms with E-state index in [-0.39, 0.29) is 5.97 Å². The number of hydrogen-bond acceptors (Lipinski definition) is 4. The zero-order chi connectivity index (χ0) is 14.8. The summed E-state index contributed by atoms with van der Waals surface area (Å²) >= 11 is 0. The highest BCUT2D eigenvalue weighted by Crippen LogP contribution is 2.29. The van der Waals surface area contributed by atoms with Crippen LogP contribution in [0.4, 0.5) is 0 Å². The number of rotatable bonds is 4.